The largest absolute Gasteiger partial charge is 0.486 e. The van der Waals surface area contributed by atoms with Gasteiger partial charge in [-0.15, -0.1) is 0 Å². The van der Waals surface area contributed by atoms with Gasteiger partial charge in [0.15, 0.2) is 11.5 Å². The molecular formula is C18H19FN2O5S. The van der Waals surface area contributed by atoms with E-state index in [1.807, 2.05) is 0 Å². The fourth-order valence-electron chi connectivity index (χ4n) is 2.79. The molecule has 0 unspecified atom stereocenters. The summed E-state index contributed by atoms with van der Waals surface area (Å²) in [6.07, 6.45) is 1.01. The number of fused-ring (bicyclic) bond motifs is 1. The van der Waals surface area contributed by atoms with Gasteiger partial charge in [-0.05, 0) is 37.3 Å². The standard InChI is InChI=1S/C18H19FN2O5S/c1-12(18(22)20-14-5-3-4-13(19)10-14)21(27(2,23)24)15-6-7-16-17(11-15)26-9-8-25-16/h3-7,10-12H,8-9H2,1-2H3,(H,20,22)/t12-/m0/s1. The number of rotatable bonds is 5. The Bertz CT molecular complexity index is 964. The van der Waals surface area contributed by atoms with E-state index in [1.165, 1.54) is 31.2 Å². The zero-order valence-corrected chi connectivity index (χ0v) is 15.6. The molecule has 1 amide bonds. The van der Waals surface area contributed by atoms with Crippen LogP contribution in [0, 0.1) is 5.82 Å². The second-order valence-corrected chi connectivity index (χ2v) is 7.92. The van der Waals surface area contributed by atoms with Crippen LogP contribution in [0.2, 0.25) is 0 Å². The average Bonchev–Trinajstić information content (AvgIpc) is 2.60. The van der Waals surface area contributed by atoms with Crippen LogP contribution in [0.25, 0.3) is 0 Å². The minimum absolute atomic E-state index is 0.238. The third kappa shape index (κ3) is 4.30. The van der Waals surface area contributed by atoms with Crippen molar-refractivity contribution in [2.24, 2.45) is 0 Å². The second kappa shape index (κ2) is 7.43. The van der Waals surface area contributed by atoms with Crippen molar-refractivity contribution in [3.63, 3.8) is 0 Å². The molecule has 0 fully saturated rings. The van der Waals surface area contributed by atoms with Gasteiger partial charge in [0.25, 0.3) is 0 Å². The van der Waals surface area contributed by atoms with E-state index in [0.717, 1.165) is 16.6 Å². The van der Waals surface area contributed by atoms with Crippen LogP contribution in [0.4, 0.5) is 15.8 Å². The Hall–Kier alpha value is -2.81. The molecule has 1 heterocycles. The van der Waals surface area contributed by atoms with Crippen LogP contribution in [0.15, 0.2) is 42.5 Å². The molecule has 1 atom stereocenters. The van der Waals surface area contributed by atoms with Gasteiger partial charge in [-0.1, -0.05) is 6.07 Å². The Morgan fingerprint density at radius 2 is 1.85 bits per heavy atom. The van der Waals surface area contributed by atoms with E-state index < -0.39 is 27.8 Å². The lowest BCUT2D eigenvalue weighted by Crippen LogP contribution is -2.45. The number of carbonyl (C=O) groups excluding carboxylic acids is 1. The SMILES string of the molecule is C[C@@H](C(=O)Nc1cccc(F)c1)N(c1ccc2c(c1)OCCO2)S(C)(=O)=O. The number of amides is 1. The van der Waals surface area contributed by atoms with Crippen LogP contribution < -0.4 is 19.1 Å². The van der Waals surface area contributed by atoms with Crippen molar-refractivity contribution >= 4 is 27.3 Å². The normalized spacial score (nSPS) is 14.3. The predicted octanol–water partition coefficient (Wildman–Crippen LogP) is 2.39. The van der Waals surface area contributed by atoms with E-state index >= 15 is 0 Å². The van der Waals surface area contributed by atoms with Crippen molar-refractivity contribution in [3.8, 4) is 11.5 Å². The molecule has 0 aliphatic carbocycles. The maximum atomic E-state index is 13.3. The van der Waals surface area contributed by atoms with E-state index in [1.54, 1.807) is 12.1 Å². The summed E-state index contributed by atoms with van der Waals surface area (Å²) < 4.78 is 49.9. The highest BCUT2D eigenvalue weighted by molar-refractivity contribution is 7.92. The fraction of sp³-hybridized carbons (Fsp3) is 0.278. The van der Waals surface area contributed by atoms with E-state index in [-0.39, 0.29) is 11.4 Å². The summed E-state index contributed by atoms with van der Waals surface area (Å²) in [5.74, 6) is -0.186. The first-order chi connectivity index (χ1) is 12.8. The van der Waals surface area contributed by atoms with Crippen LogP contribution in [0.5, 0.6) is 11.5 Å². The number of nitrogens with one attached hydrogen (secondary N) is 1. The molecule has 7 nitrogen and oxygen atoms in total. The highest BCUT2D eigenvalue weighted by Crippen LogP contribution is 2.35. The summed E-state index contributed by atoms with van der Waals surface area (Å²) in [6.45, 7) is 2.21. The predicted molar refractivity (Wildman–Crippen MR) is 99.2 cm³/mol. The Kier molecular flexibility index (Phi) is 5.22. The van der Waals surface area contributed by atoms with Crippen molar-refractivity contribution in [1.29, 1.82) is 0 Å². The van der Waals surface area contributed by atoms with E-state index in [2.05, 4.69) is 5.32 Å². The average molecular weight is 394 g/mol. The maximum Gasteiger partial charge on any atom is 0.247 e. The van der Waals surface area contributed by atoms with Gasteiger partial charge in [-0.2, -0.15) is 0 Å². The van der Waals surface area contributed by atoms with Crippen molar-refractivity contribution in [3.05, 3.63) is 48.3 Å². The monoisotopic (exact) mass is 394 g/mol. The molecule has 144 valence electrons. The molecule has 1 N–H and O–H groups in total. The number of anilines is 2. The summed E-state index contributed by atoms with van der Waals surface area (Å²) in [7, 11) is -3.79. The Morgan fingerprint density at radius 1 is 1.15 bits per heavy atom. The second-order valence-electron chi connectivity index (χ2n) is 6.06. The molecule has 0 saturated heterocycles. The van der Waals surface area contributed by atoms with Gasteiger partial charge in [0.2, 0.25) is 15.9 Å². The summed E-state index contributed by atoms with van der Waals surface area (Å²) >= 11 is 0. The highest BCUT2D eigenvalue weighted by Gasteiger charge is 2.30. The number of hydrogen-bond acceptors (Lipinski definition) is 5. The summed E-state index contributed by atoms with van der Waals surface area (Å²) in [6, 6.07) is 8.94. The molecule has 1 aliphatic heterocycles. The minimum atomic E-state index is -3.79. The molecule has 9 heteroatoms. The zero-order chi connectivity index (χ0) is 19.6. The zero-order valence-electron chi connectivity index (χ0n) is 14.8. The number of ether oxygens (including phenoxy) is 2. The van der Waals surface area contributed by atoms with Crippen LogP contribution >= 0.6 is 0 Å². The first-order valence-corrected chi connectivity index (χ1v) is 10.1. The van der Waals surface area contributed by atoms with E-state index in [0.29, 0.717) is 24.7 Å². The third-order valence-electron chi connectivity index (χ3n) is 3.96. The van der Waals surface area contributed by atoms with Gasteiger partial charge in [-0.25, -0.2) is 12.8 Å². The van der Waals surface area contributed by atoms with E-state index in [4.69, 9.17) is 9.47 Å². The molecule has 0 radical (unpaired) electrons. The van der Waals surface area contributed by atoms with Crippen molar-refractivity contribution in [2.45, 2.75) is 13.0 Å². The lowest BCUT2D eigenvalue weighted by Gasteiger charge is -2.29. The maximum absolute atomic E-state index is 13.3. The van der Waals surface area contributed by atoms with E-state index in [9.17, 15) is 17.6 Å². The molecule has 1 aliphatic rings. The Labute approximate surface area is 156 Å². The Morgan fingerprint density at radius 3 is 2.52 bits per heavy atom. The Balaban J connectivity index is 1.89. The fourth-order valence-corrected chi connectivity index (χ4v) is 3.96. The number of sulfonamides is 1. The summed E-state index contributed by atoms with van der Waals surface area (Å²) in [5.41, 5.74) is 0.506. The smallest absolute Gasteiger partial charge is 0.247 e. The van der Waals surface area contributed by atoms with Crippen molar-refractivity contribution in [2.75, 3.05) is 29.1 Å². The van der Waals surface area contributed by atoms with Gasteiger partial charge < -0.3 is 14.8 Å². The quantitative estimate of drug-likeness (QED) is 0.842. The third-order valence-corrected chi connectivity index (χ3v) is 5.20. The van der Waals surface area contributed by atoms with Gasteiger partial charge in [0.05, 0.1) is 11.9 Å². The number of benzene rings is 2. The molecule has 0 spiro atoms. The molecule has 2 aromatic rings. The number of nitrogens with zero attached hydrogens (tertiary/aromatic N) is 1. The number of hydrogen-bond donors (Lipinski definition) is 1. The minimum Gasteiger partial charge on any atom is -0.486 e. The lowest BCUT2D eigenvalue weighted by molar-refractivity contribution is -0.116. The van der Waals surface area contributed by atoms with Crippen LogP contribution in [-0.4, -0.2) is 39.8 Å². The summed E-state index contributed by atoms with van der Waals surface area (Å²) in [5, 5.41) is 2.53. The molecule has 27 heavy (non-hydrogen) atoms. The first kappa shape index (κ1) is 19.0. The molecular weight excluding hydrogens is 375 g/mol. The molecule has 3 rings (SSSR count). The van der Waals surface area contributed by atoms with Crippen molar-refractivity contribution in [1.82, 2.24) is 0 Å². The molecule has 0 aromatic heterocycles. The van der Waals surface area contributed by atoms with Gasteiger partial charge in [0, 0.05) is 11.8 Å². The molecule has 0 saturated carbocycles. The summed E-state index contributed by atoms with van der Waals surface area (Å²) in [4.78, 5) is 12.6. The van der Waals surface area contributed by atoms with Gasteiger partial charge >= 0.3 is 0 Å². The number of halogens is 1. The van der Waals surface area contributed by atoms with Gasteiger partial charge in [-0.3, -0.25) is 9.10 Å². The topological polar surface area (TPSA) is 84.9 Å². The van der Waals surface area contributed by atoms with Crippen LogP contribution in [-0.2, 0) is 14.8 Å². The first-order valence-electron chi connectivity index (χ1n) is 8.21. The number of carbonyl (C=O) groups is 1. The molecule has 2 aromatic carbocycles. The highest BCUT2D eigenvalue weighted by atomic mass is 32.2. The van der Waals surface area contributed by atoms with Gasteiger partial charge in [0.1, 0.15) is 25.1 Å². The molecule has 0 bridgehead atoms. The lowest BCUT2D eigenvalue weighted by atomic mass is 10.2. The van der Waals surface area contributed by atoms with Crippen molar-refractivity contribution < 1.29 is 27.1 Å². The van der Waals surface area contributed by atoms with Crippen LogP contribution in [0.3, 0.4) is 0 Å². The van der Waals surface area contributed by atoms with Crippen LogP contribution in [0.1, 0.15) is 6.92 Å².